The zero-order valence-electron chi connectivity index (χ0n) is 10.4. The second-order valence-corrected chi connectivity index (χ2v) is 4.37. The van der Waals surface area contributed by atoms with Gasteiger partial charge in [-0.05, 0) is 18.9 Å². The lowest BCUT2D eigenvalue weighted by atomic mass is 10.0. The lowest BCUT2D eigenvalue weighted by Gasteiger charge is -2.06. The van der Waals surface area contributed by atoms with E-state index in [2.05, 4.69) is 0 Å². The zero-order chi connectivity index (χ0) is 12.8. The van der Waals surface area contributed by atoms with Crippen LogP contribution < -0.4 is 5.73 Å². The Kier molecular flexibility index (Phi) is 5.04. The lowest BCUT2D eigenvalue weighted by molar-refractivity contribution is -0.117. The van der Waals surface area contributed by atoms with E-state index in [4.69, 9.17) is 5.73 Å². The molecule has 1 aromatic rings. The fourth-order valence-electron chi connectivity index (χ4n) is 1.60. The molecule has 0 amide bonds. The van der Waals surface area contributed by atoms with Crippen LogP contribution in [0.15, 0.2) is 24.3 Å². The molecule has 1 aromatic carbocycles. The molecule has 0 spiro atoms. The summed E-state index contributed by atoms with van der Waals surface area (Å²) in [6, 6.07) is 7.43. The van der Waals surface area contributed by atoms with Crippen LogP contribution in [0.25, 0.3) is 0 Å². The third-order valence-corrected chi connectivity index (χ3v) is 2.59. The molecule has 0 aliphatic heterocycles. The van der Waals surface area contributed by atoms with Gasteiger partial charge in [-0.2, -0.15) is 0 Å². The second-order valence-electron chi connectivity index (χ2n) is 4.37. The minimum absolute atomic E-state index is 0.00311. The van der Waals surface area contributed by atoms with Crippen LogP contribution in [0.4, 0.5) is 0 Å². The summed E-state index contributed by atoms with van der Waals surface area (Å²) in [5.74, 6) is -0.126. The highest BCUT2D eigenvalue weighted by Crippen LogP contribution is 2.09. The molecule has 0 aliphatic carbocycles. The van der Waals surface area contributed by atoms with E-state index in [1.807, 2.05) is 19.1 Å². The number of rotatable bonds is 6. The van der Waals surface area contributed by atoms with Crippen LogP contribution in [-0.2, 0) is 11.2 Å². The van der Waals surface area contributed by atoms with Crippen molar-refractivity contribution in [3.05, 3.63) is 35.4 Å². The van der Waals surface area contributed by atoms with Gasteiger partial charge in [-0.1, -0.05) is 31.2 Å². The van der Waals surface area contributed by atoms with Crippen molar-refractivity contribution in [2.45, 2.75) is 39.2 Å². The van der Waals surface area contributed by atoms with E-state index in [9.17, 15) is 9.59 Å². The smallest absolute Gasteiger partial charge is 0.170 e. The third-order valence-electron chi connectivity index (χ3n) is 2.59. The molecule has 0 heterocycles. The fourth-order valence-corrected chi connectivity index (χ4v) is 1.60. The SMILES string of the molecule is CCC(=O)CC(=O)c1ccc(CC(C)N)cc1. The number of ketones is 2. The van der Waals surface area contributed by atoms with Gasteiger partial charge >= 0.3 is 0 Å². The largest absolute Gasteiger partial charge is 0.328 e. The Hall–Kier alpha value is -1.48. The minimum Gasteiger partial charge on any atom is -0.328 e. The maximum atomic E-state index is 11.7. The van der Waals surface area contributed by atoms with Crippen molar-refractivity contribution in [3.8, 4) is 0 Å². The molecule has 1 atom stereocenters. The van der Waals surface area contributed by atoms with E-state index < -0.39 is 0 Å². The molecule has 0 aliphatic rings. The summed E-state index contributed by atoms with van der Waals surface area (Å²) in [5.41, 5.74) is 7.40. The summed E-state index contributed by atoms with van der Waals surface area (Å²) < 4.78 is 0. The normalized spacial score (nSPS) is 12.2. The molecule has 0 saturated heterocycles. The van der Waals surface area contributed by atoms with Gasteiger partial charge in [0.25, 0.3) is 0 Å². The van der Waals surface area contributed by atoms with E-state index in [1.165, 1.54) is 0 Å². The van der Waals surface area contributed by atoms with Crippen molar-refractivity contribution in [3.63, 3.8) is 0 Å². The zero-order valence-corrected chi connectivity index (χ0v) is 10.4. The quantitative estimate of drug-likeness (QED) is 0.605. The highest BCUT2D eigenvalue weighted by atomic mass is 16.1. The van der Waals surface area contributed by atoms with Crippen LogP contribution >= 0.6 is 0 Å². The van der Waals surface area contributed by atoms with E-state index in [0.29, 0.717) is 12.0 Å². The van der Waals surface area contributed by atoms with Gasteiger partial charge in [0.1, 0.15) is 5.78 Å². The highest BCUT2D eigenvalue weighted by Gasteiger charge is 2.10. The topological polar surface area (TPSA) is 60.2 Å². The van der Waals surface area contributed by atoms with Crippen LogP contribution in [0.2, 0.25) is 0 Å². The molecule has 2 N–H and O–H groups in total. The van der Waals surface area contributed by atoms with Crippen LogP contribution in [0.3, 0.4) is 0 Å². The fraction of sp³-hybridized carbons (Fsp3) is 0.429. The van der Waals surface area contributed by atoms with E-state index >= 15 is 0 Å². The number of carbonyl (C=O) groups is 2. The Morgan fingerprint density at radius 1 is 1.24 bits per heavy atom. The highest BCUT2D eigenvalue weighted by molar-refractivity contribution is 6.07. The number of benzene rings is 1. The molecule has 92 valence electrons. The van der Waals surface area contributed by atoms with Gasteiger partial charge in [-0.3, -0.25) is 9.59 Å². The van der Waals surface area contributed by atoms with Crippen molar-refractivity contribution >= 4 is 11.6 Å². The van der Waals surface area contributed by atoms with Crippen molar-refractivity contribution in [2.75, 3.05) is 0 Å². The number of Topliss-reactive ketones (excluding diaryl/α,β-unsaturated/α-hetero) is 2. The predicted octanol–water partition coefficient (Wildman–Crippen LogP) is 2.13. The van der Waals surface area contributed by atoms with Crippen LogP contribution in [0, 0.1) is 0 Å². The Morgan fingerprint density at radius 3 is 2.29 bits per heavy atom. The summed E-state index contributed by atoms with van der Waals surface area (Å²) in [6.07, 6.45) is 1.21. The minimum atomic E-state index is -0.107. The van der Waals surface area contributed by atoms with E-state index in [1.54, 1.807) is 19.1 Å². The number of carbonyl (C=O) groups excluding carboxylic acids is 2. The Labute approximate surface area is 102 Å². The summed E-state index contributed by atoms with van der Waals surface area (Å²) in [7, 11) is 0. The van der Waals surface area contributed by atoms with Gasteiger partial charge in [0.15, 0.2) is 5.78 Å². The first kappa shape index (κ1) is 13.6. The van der Waals surface area contributed by atoms with Gasteiger partial charge in [-0.25, -0.2) is 0 Å². The first-order valence-electron chi connectivity index (χ1n) is 5.92. The first-order chi connectivity index (χ1) is 8.02. The predicted molar refractivity (Wildman–Crippen MR) is 68.0 cm³/mol. The van der Waals surface area contributed by atoms with Crippen LogP contribution in [-0.4, -0.2) is 17.6 Å². The van der Waals surface area contributed by atoms with Crippen LogP contribution in [0.5, 0.6) is 0 Å². The Morgan fingerprint density at radius 2 is 1.82 bits per heavy atom. The van der Waals surface area contributed by atoms with Crippen molar-refractivity contribution in [1.29, 1.82) is 0 Å². The third kappa shape index (κ3) is 4.49. The average Bonchev–Trinajstić information content (AvgIpc) is 2.28. The standard InChI is InChI=1S/C14H19NO2/c1-3-13(16)9-14(17)12-6-4-11(5-7-12)8-10(2)15/h4-7,10H,3,8-9,15H2,1-2H3. The monoisotopic (exact) mass is 233 g/mol. The van der Waals surface area contributed by atoms with Crippen molar-refractivity contribution < 1.29 is 9.59 Å². The Bertz CT molecular complexity index is 393. The maximum Gasteiger partial charge on any atom is 0.170 e. The first-order valence-corrected chi connectivity index (χ1v) is 5.92. The van der Waals surface area contributed by atoms with E-state index in [0.717, 1.165) is 12.0 Å². The van der Waals surface area contributed by atoms with Gasteiger partial charge in [0, 0.05) is 18.0 Å². The Balaban J connectivity index is 2.67. The molecule has 0 bridgehead atoms. The molecule has 3 heteroatoms. The summed E-state index contributed by atoms with van der Waals surface area (Å²) in [6.45, 7) is 3.71. The molecule has 1 rings (SSSR count). The summed E-state index contributed by atoms with van der Waals surface area (Å²) in [4.78, 5) is 22.9. The molecule has 0 fully saturated rings. The van der Waals surface area contributed by atoms with Crippen LogP contribution in [0.1, 0.15) is 42.6 Å². The van der Waals surface area contributed by atoms with Crippen molar-refractivity contribution in [1.82, 2.24) is 0 Å². The molecular formula is C14H19NO2. The number of hydrogen-bond donors (Lipinski definition) is 1. The van der Waals surface area contributed by atoms with Gasteiger partial charge in [0.05, 0.1) is 6.42 Å². The number of nitrogens with two attached hydrogens (primary N) is 1. The second kappa shape index (κ2) is 6.30. The molecule has 0 saturated carbocycles. The van der Waals surface area contributed by atoms with Gasteiger partial charge in [0.2, 0.25) is 0 Å². The van der Waals surface area contributed by atoms with Crippen molar-refractivity contribution in [2.24, 2.45) is 5.73 Å². The van der Waals surface area contributed by atoms with Gasteiger partial charge < -0.3 is 5.73 Å². The maximum absolute atomic E-state index is 11.7. The average molecular weight is 233 g/mol. The summed E-state index contributed by atoms with van der Waals surface area (Å²) >= 11 is 0. The van der Waals surface area contributed by atoms with E-state index in [-0.39, 0.29) is 24.0 Å². The number of hydrogen-bond acceptors (Lipinski definition) is 3. The molecule has 0 radical (unpaired) electrons. The summed E-state index contributed by atoms with van der Waals surface area (Å²) in [5, 5.41) is 0. The molecule has 0 aromatic heterocycles. The molecular weight excluding hydrogens is 214 g/mol. The lowest BCUT2D eigenvalue weighted by Crippen LogP contribution is -2.17. The molecule has 1 unspecified atom stereocenters. The van der Waals surface area contributed by atoms with Gasteiger partial charge in [-0.15, -0.1) is 0 Å². The molecule has 3 nitrogen and oxygen atoms in total. The molecule has 17 heavy (non-hydrogen) atoms.